The van der Waals surface area contributed by atoms with Crippen LogP contribution in [0.15, 0.2) is 18.2 Å². The zero-order valence-electron chi connectivity index (χ0n) is 22.4. The number of nitrogens with zero attached hydrogens (tertiary/aromatic N) is 2. The molecule has 1 aliphatic carbocycles. The fourth-order valence-corrected chi connectivity index (χ4v) is 6.29. The van der Waals surface area contributed by atoms with Gasteiger partial charge in [0, 0.05) is 24.9 Å². The van der Waals surface area contributed by atoms with Gasteiger partial charge in [-0.2, -0.15) is 27.1 Å². The van der Waals surface area contributed by atoms with Crippen molar-refractivity contribution in [2.45, 2.75) is 81.7 Å². The second-order valence-corrected chi connectivity index (χ2v) is 13.1. The predicted octanol–water partition coefficient (Wildman–Crippen LogP) is 4.43. The Bertz CT molecular complexity index is 1370. The van der Waals surface area contributed by atoms with Gasteiger partial charge >= 0.3 is 12.8 Å². The number of carbonyl (C=O) groups is 1. The van der Waals surface area contributed by atoms with Crippen LogP contribution < -0.4 is 10.1 Å². The Labute approximate surface area is 238 Å². The average Bonchev–Trinajstić information content (AvgIpc) is 3.16. The molecule has 1 unspecified atom stereocenters. The van der Waals surface area contributed by atoms with Gasteiger partial charge in [0.2, 0.25) is 0 Å². The largest absolute Gasteiger partial charge is 0.434 e. The van der Waals surface area contributed by atoms with Gasteiger partial charge in [-0.1, -0.05) is 17.7 Å². The molecule has 2 aromatic rings. The van der Waals surface area contributed by atoms with E-state index in [4.69, 9.17) is 11.6 Å². The maximum Gasteiger partial charge on any atom is 0.392 e. The highest BCUT2D eigenvalue weighted by Crippen LogP contribution is 2.42. The van der Waals surface area contributed by atoms with E-state index in [0.717, 1.165) is 31.4 Å². The van der Waals surface area contributed by atoms with Crippen LogP contribution in [0.3, 0.4) is 0 Å². The number of aromatic nitrogens is 2. The second-order valence-electron chi connectivity index (χ2n) is 10.4. The molecular formula is C25H31ClF5N3O6S. The second kappa shape index (κ2) is 12.0. The van der Waals surface area contributed by atoms with Crippen LogP contribution in [0.25, 0.3) is 11.3 Å². The summed E-state index contributed by atoms with van der Waals surface area (Å²) in [5.74, 6) is -1.40. The molecule has 1 amide bonds. The summed E-state index contributed by atoms with van der Waals surface area (Å²) in [5, 5.41) is 27.1. The number of halogens is 6. The van der Waals surface area contributed by atoms with Gasteiger partial charge in [-0.05, 0) is 57.2 Å². The zero-order valence-corrected chi connectivity index (χ0v) is 24.0. The highest BCUT2D eigenvalue weighted by atomic mass is 35.5. The van der Waals surface area contributed by atoms with E-state index >= 15 is 0 Å². The number of aryl methyl sites for hydroxylation is 1. The molecule has 9 nitrogen and oxygen atoms in total. The van der Waals surface area contributed by atoms with Gasteiger partial charge < -0.3 is 20.3 Å². The quantitative estimate of drug-likeness (QED) is 0.331. The number of amides is 1. The number of rotatable bonds is 10. The first kappa shape index (κ1) is 33.0. The van der Waals surface area contributed by atoms with Gasteiger partial charge in [-0.25, -0.2) is 8.42 Å². The molecule has 0 bridgehead atoms. The van der Waals surface area contributed by atoms with Crippen molar-refractivity contribution in [1.29, 1.82) is 0 Å². The van der Waals surface area contributed by atoms with Gasteiger partial charge in [0.1, 0.15) is 15.6 Å². The van der Waals surface area contributed by atoms with Gasteiger partial charge in [-0.15, -0.1) is 0 Å². The Morgan fingerprint density at radius 3 is 2.41 bits per heavy atom. The third-order valence-electron chi connectivity index (χ3n) is 7.08. The predicted molar refractivity (Wildman–Crippen MR) is 140 cm³/mol. The topological polar surface area (TPSA) is 131 Å². The summed E-state index contributed by atoms with van der Waals surface area (Å²) < 4.78 is 94.9. The molecule has 1 atom stereocenters. The van der Waals surface area contributed by atoms with Crippen LogP contribution in [0, 0.1) is 0 Å². The number of hydrogen-bond donors (Lipinski definition) is 3. The van der Waals surface area contributed by atoms with Crippen LogP contribution in [0.4, 0.5) is 22.0 Å². The minimum absolute atomic E-state index is 0.0376. The molecule has 1 fully saturated rings. The van der Waals surface area contributed by atoms with Gasteiger partial charge in [0.25, 0.3) is 5.91 Å². The lowest BCUT2D eigenvalue weighted by Crippen LogP contribution is -2.47. The van der Waals surface area contributed by atoms with Crippen LogP contribution in [0.1, 0.15) is 62.0 Å². The van der Waals surface area contributed by atoms with Crippen molar-refractivity contribution >= 4 is 27.3 Å². The van der Waals surface area contributed by atoms with E-state index in [1.54, 1.807) is 6.92 Å². The van der Waals surface area contributed by atoms with Crippen molar-refractivity contribution in [3.8, 4) is 17.0 Å². The molecule has 0 aliphatic heterocycles. The molecule has 1 aliphatic rings. The van der Waals surface area contributed by atoms with Crippen molar-refractivity contribution in [3.63, 3.8) is 0 Å². The molecule has 1 heterocycles. The third kappa shape index (κ3) is 8.08. The van der Waals surface area contributed by atoms with E-state index < -0.39 is 57.2 Å². The summed E-state index contributed by atoms with van der Waals surface area (Å²) >= 11 is 6.47. The minimum atomic E-state index is -4.75. The fourth-order valence-electron chi connectivity index (χ4n) is 4.87. The lowest BCUT2D eigenvalue weighted by Gasteiger charge is -2.35. The summed E-state index contributed by atoms with van der Waals surface area (Å²) in [4.78, 5) is 13.0. The molecule has 0 radical (unpaired) electrons. The number of sulfone groups is 1. The summed E-state index contributed by atoms with van der Waals surface area (Å²) in [6.07, 6.45) is -4.56. The molecule has 3 N–H and O–H groups in total. The number of carbonyl (C=O) groups excluding carboxylic acids is 1. The minimum Gasteiger partial charge on any atom is -0.434 e. The number of benzene rings is 1. The number of aliphatic hydroxyl groups is 2. The molecule has 1 aromatic heterocycles. The normalized spacial score (nSPS) is 21.5. The van der Waals surface area contributed by atoms with Crippen molar-refractivity contribution in [2.75, 3.05) is 12.8 Å². The lowest BCUT2D eigenvalue weighted by atomic mass is 9.84. The van der Waals surface area contributed by atoms with Gasteiger partial charge in [-0.3, -0.25) is 9.48 Å². The van der Waals surface area contributed by atoms with Crippen molar-refractivity contribution in [1.82, 2.24) is 15.1 Å². The monoisotopic (exact) mass is 631 g/mol. The number of alkyl halides is 5. The summed E-state index contributed by atoms with van der Waals surface area (Å²) in [6.45, 7) is -1.01. The highest BCUT2D eigenvalue weighted by Gasteiger charge is 2.40. The Hall–Kier alpha value is -2.49. The first-order valence-corrected chi connectivity index (χ1v) is 14.9. The van der Waals surface area contributed by atoms with E-state index in [9.17, 15) is 45.4 Å². The van der Waals surface area contributed by atoms with Crippen molar-refractivity contribution in [2.24, 2.45) is 0 Å². The Balaban J connectivity index is 1.91. The first-order chi connectivity index (χ1) is 18.8. The highest BCUT2D eigenvalue weighted by molar-refractivity contribution is 7.91. The Kier molecular flexibility index (Phi) is 9.68. The summed E-state index contributed by atoms with van der Waals surface area (Å²) in [5.41, 5.74) is -4.63. The molecule has 16 heteroatoms. The number of hydrogen-bond acceptors (Lipinski definition) is 7. The zero-order chi connectivity index (χ0) is 31.0. The van der Waals surface area contributed by atoms with E-state index in [2.05, 4.69) is 15.2 Å². The third-order valence-corrected chi connectivity index (χ3v) is 9.12. The molecule has 0 spiro atoms. The first-order valence-electron chi connectivity index (χ1n) is 12.6. The summed E-state index contributed by atoms with van der Waals surface area (Å²) in [6, 6.07) is 3.08. The van der Waals surface area contributed by atoms with E-state index in [1.165, 1.54) is 4.68 Å². The van der Waals surface area contributed by atoms with Gasteiger partial charge in [0.05, 0.1) is 33.6 Å². The molecule has 3 rings (SSSR count). The van der Waals surface area contributed by atoms with E-state index in [-0.39, 0.29) is 66.3 Å². The molecule has 0 saturated heterocycles. The van der Waals surface area contributed by atoms with Crippen molar-refractivity contribution in [3.05, 3.63) is 34.5 Å². The standard InChI is InChI=1S/C25H31ClF5N3O6S/c1-4-34-20(16-6-5-14(11-17(16)40-22(27)28)23(2,36)12-25(29,30)31)18(26)19(33-34)21(35)32-13-24(37)9-7-15(8-10-24)41(3,38)39/h5-6,11,15,22,36-37H,4,7-10,12-13H2,1-3H3,(H,32,35). The average molecular weight is 632 g/mol. The molecule has 41 heavy (non-hydrogen) atoms. The van der Waals surface area contributed by atoms with E-state index in [0.29, 0.717) is 0 Å². The maximum atomic E-state index is 13.3. The molecule has 230 valence electrons. The number of ether oxygens (including phenoxy) is 1. The molecular weight excluding hydrogens is 601 g/mol. The Morgan fingerprint density at radius 2 is 1.90 bits per heavy atom. The van der Waals surface area contributed by atoms with Crippen molar-refractivity contribution < 1.29 is 50.1 Å². The molecule has 1 aromatic carbocycles. The Morgan fingerprint density at radius 1 is 1.29 bits per heavy atom. The van der Waals surface area contributed by atoms with Crippen LogP contribution in [-0.2, 0) is 22.0 Å². The smallest absolute Gasteiger partial charge is 0.392 e. The number of nitrogens with one attached hydrogen (secondary N) is 1. The summed E-state index contributed by atoms with van der Waals surface area (Å²) in [7, 11) is -3.27. The molecule has 1 saturated carbocycles. The lowest BCUT2D eigenvalue weighted by molar-refractivity contribution is -0.174. The SMILES string of the molecule is CCn1nc(C(=O)NCC2(O)CCC(S(C)(=O)=O)CC2)c(Cl)c1-c1ccc(C(C)(O)CC(F)(F)F)cc1OC(F)F. The van der Waals surface area contributed by atoms with Crippen LogP contribution in [0.5, 0.6) is 5.75 Å². The maximum absolute atomic E-state index is 13.3. The fraction of sp³-hybridized carbons (Fsp3) is 0.600. The van der Waals surface area contributed by atoms with Gasteiger partial charge in [0.15, 0.2) is 5.69 Å². The van der Waals surface area contributed by atoms with E-state index in [1.807, 2.05) is 0 Å². The van der Waals surface area contributed by atoms with Crippen LogP contribution >= 0.6 is 11.6 Å². The van der Waals surface area contributed by atoms with Crippen LogP contribution in [-0.4, -0.2) is 70.8 Å². The van der Waals surface area contributed by atoms with Crippen LogP contribution in [0.2, 0.25) is 5.02 Å².